The predicted molar refractivity (Wildman–Crippen MR) is 121 cm³/mol. The van der Waals surface area contributed by atoms with Crippen LogP contribution in [0.2, 0.25) is 0 Å². The Hall–Kier alpha value is -2.83. The van der Waals surface area contributed by atoms with Gasteiger partial charge in [-0.3, -0.25) is 15.6 Å². The van der Waals surface area contributed by atoms with Gasteiger partial charge in [-0.2, -0.15) is 0 Å². The lowest BCUT2D eigenvalue weighted by molar-refractivity contribution is 0.0787. The Bertz CT molecular complexity index is 1020. The van der Waals surface area contributed by atoms with Crippen LogP contribution in [-0.4, -0.2) is 35.4 Å². The number of rotatable bonds is 8. The molecule has 5 nitrogen and oxygen atoms in total. The van der Waals surface area contributed by atoms with Crippen LogP contribution in [0, 0.1) is 5.82 Å². The number of halogens is 1. The number of carbonyl (C=O) groups is 1. The topological polar surface area (TPSA) is 57.3 Å². The second kappa shape index (κ2) is 9.98. The fraction of sp³-hybridized carbons (Fsp3) is 0.360. The van der Waals surface area contributed by atoms with Gasteiger partial charge in [-0.05, 0) is 49.1 Å². The average molecular weight is 421 g/mol. The van der Waals surface area contributed by atoms with Crippen molar-refractivity contribution in [2.24, 2.45) is 0 Å². The lowest BCUT2D eigenvalue weighted by Crippen LogP contribution is -2.31. The number of unbranched alkanes of at least 4 members (excludes halogenated alkanes) is 2. The van der Waals surface area contributed by atoms with E-state index < -0.39 is 0 Å². The molecular weight excluding hydrogens is 391 g/mol. The van der Waals surface area contributed by atoms with Gasteiger partial charge < -0.3 is 4.90 Å². The summed E-state index contributed by atoms with van der Waals surface area (Å²) < 4.78 is 13.1. The van der Waals surface area contributed by atoms with E-state index in [-0.39, 0.29) is 17.8 Å². The first-order valence-corrected chi connectivity index (χ1v) is 11.0. The van der Waals surface area contributed by atoms with Crippen LogP contribution >= 0.6 is 0 Å². The van der Waals surface area contributed by atoms with E-state index in [1.165, 1.54) is 12.1 Å². The molecule has 0 saturated carbocycles. The number of carbonyl (C=O) groups excluding carboxylic acids is 1. The van der Waals surface area contributed by atoms with Gasteiger partial charge in [0.1, 0.15) is 11.5 Å². The summed E-state index contributed by atoms with van der Waals surface area (Å²) in [5.41, 5.74) is 9.12. The minimum atomic E-state index is -0.203. The van der Waals surface area contributed by atoms with Gasteiger partial charge in [0.25, 0.3) is 5.91 Å². The molecule has 2 N–H and O–H groups in total. The van der Waals surface area contributed by atoms with Gasteiger partial charge in [-0.15, -0.1) is 0 Å². The van der Waals surface area contributed by atoms with Gasteiger partial charge in [-0.1, -0.05) is 49.2 Å². The largest absolute Gasteiger partial charge is 0.340 e. The normalized spacial score (nSPS) is 18.4. The van der Waals surface area contributed by atoms with Crippen LogP contribution in [0.5, 0.6) is 0 Å². The van der Waals surface area contributed by atoms with E-state index in [0.29, 0.717) is 11.7 Å². The highest BCUT2D eigenvalue weighted by molar-refractivity contribution is 5.94. The smallest absolute Gasteiger partial charge is 0.272 e. The average Bonchev–Trinajstić information content (AvgIpc) is 3.27. The number of hydrazine groups is 1. The molecule has 1 aliphatic heterocycles. The van der Waals surface area contributed by atoms with Crippen LogP contribution in [0.15, 0.2) is 60.7 Å². The van der Waals surface area contributed by atoms with Crippen molar-refractivity contribution in [2.45, 2.75) is 44.2 Å². The quantitative estimate of drug-likeness (QED) is 0.523. The molecular formula is C25H29FN4O. The van der Waals surface area contributed by atoms with Crippen LogP contribution in [0.1, 0.15) is 54.2 Å². The predicted octanol–water partition coefficient (Wildman–Crippen LogP) is 4.61. The van der Waals surface area contributed by atoms with E-state index in [2.05, 4.69) is 15.8 Å². The molecule has 2 aromatic carbocycles. The highest BCUT2D eigenvalue weighted by Crippen LogP contribution is 2.24. The maximum absolute atomic E-state index is 13.1. The lowest BCUT2D eigenvalue weighted by Gasteiger charge is -2.17. The molecule has 1 aliphatic rings. The zero-order valence-corrected chi connectivity index (χ0v) is 17.9. The summed E-state index contributed by atoms with van der Waals surface area (Å²) in [5, 5.41) is 1.04. The lowest BCUT2D eigenvalue weighted by atomic mass is 9.99. The fourth-order valence-corrected chi connectivity index (χ4v) is 4.12. The number of pyridine rings is 1. The maximum atomic E-state index is 13.1. The molecule has 2 atom stereocenters. The van der Waals surface area contributed by atoms with Gasteiger partial charge in [-0.25, -0.2) is 9.37 Å². The minimum absolute atomic E-state index is 0.0328. The van der Waals surface area contributed by atoms with Gasteiger partial charge in [0, 0.05) is 31.1 Å². The molecule has 31 heavy (non-hydrogen) atoms. The molecule has 162 valence electrons. The van der Waals surface area contributed by atoms with Crippen molar-refractivity contribution in [3.8, 4) is 0 Å². The molecule has 1 fully saturated rings. The first-order valence-electron chi connectivity index (χ1n) is 11.0. The molecule has 1 amide bonds. The third-order valence-corrected chi connectivity index (χ3v) is 5.96. The van der Waals surface area contributed by atoms with E-state index in [9.17, 15) is 9.18 Å². The highest BCUT2D eigenvalue weighted by Gasteiger charge is 2.24. The molecule has 1 aromatic heterocycles. The monoisotopic (exact) mass is 420 g/mol. The van der Waals surface area contributed by atoms with E-state index in [0.717, 1.165) is 55.1 Å². The number of para-hydroxylation sites is 1. The minimum Gasteiger partial charge on any atom is -0.340 e. The van der Waals surface area contributed by atoms with Crippen molar-refractivity contribution in [1.82, 2.24) is 20.7 Å². The molecule has 1 saturated heterocycles. The van der Waals surface area contributed by atoms with E-state index in [1.807, 2.05) is 49.5 Å². The summed E-state index contributed by atoms with van der Waals surface area (Å²) in [6.07, 6.45) is 5.22. The maximum Gasteiger partial charge on any atom is 0.272 e. The number of nitrogens with zero attached hydrogens (tertiary/aromatic N) is 2. The molecule has 6 heteroatoms. The number of amides is 1. The third-order valence-electron chi connectivity index (χ3n) is 5.96. The first-order chi connectivity index (χ1) is 15.1. The molecule has 4 rings (SSSR count). The van der Waals surface area contributed by atoms with E-state index in [1.54, 1.807) is 11.0 Å². The van der Waals surface area contributed by atoms with Crippen LogP contribution in [0.3, 0.4) is 0 Å². The second-order valence-corrected chi connectivity index (χ2v) is 8.29. The van der Waals surface area contributed by atoms with Crippen molar-refractivity contribution in [3.63, 3.8) is 0 Å². The molecule has 0 aliphatic carbocycles. The summed E-state index contributed by atoms with van der Waals surface area (Å²) in [6, 6.07) is 18.9. The number of aromatic nitrogens is 1. The Morgan fingerprint density at radius 3 is 2.68 bits per heavy atom. The second-order valence-electron chi connectivity index (χ2n) is 8.29. The van der Waals surface area contributed by atoms with Crippen molar-refractivity contribution in [3.05, 3.63) is 77.7 Å². The third kappa shape index (κ3) is 5.46. The van der Waals surface area contributed by atoms with Gasteiger partial charge in [0.2, 0.25) is 0 Å². The number of hydrogen-bond acceptors (Lipinski definition) is 4. The van der Waals surface area contributed by atoms with Crippen molar-refractivity contribution in [2.75, 3.05) is 13.6 Å². The zero-order chi connectivity index (χ0) is 21.6. The van der Waals surface area contributed by atoms with E-state index >= 15 is 0 Å². The summed E-state index contributed by atoms with van der Waals surface area (Å²) in [6.45, 7) is 0.724. The number of hydrogen-bond donors (Lipinski definition) is 2. The summed E-state index contributed by atoms with van der Waals surface area (Å²) in [5.74, 6) is -0.236. The Labute approximate surface area is 182 Å². The Kier molecular flexibility index (Phi) is 6.89. The Balaban J connectivity index is 1.16. The fourth-order valence-electron chi connectivity index (χ4n) is 4.12. The molecule has 3 aromatic rings. The molecule has 0 bridgehead atoms. The molecule has 2 heterocycles. The number of fused-ring (bicyclic) bond motifs is 1. The van der Waals surface area contributed by atoms with Gasteiger partial charge in [0.15, 0.2) is 0 Å². The van der Waals surface area contributed by atoms with Crippen LogP contribution < -0.4 is 10.9 Å². The number of nitrogens with one attached hydrogen (secondary N) is 2. The summed E-state index contributed by atoms with van der Waals surface area (Å²) >= 11 is 0. The van der Waals surface area contributed by atoms with E-state index in [4.69, 9.17) is 0 Å². The van der Waals surface area contributed by atoms with Crippen LogP contribution in [0.4, 0.5) is 4.39 Å². The van der Waals surface area contributed by atoms with Crippen LogP contribution in [-0.2, 0) is 0 Å². The van der Waals surface area contributed by atoms with Gasteiger partial charge in [0.05, 0.1) is 5.52 Å². The highest BCUT2D eigenvalue weighted by atomic mass is 19.1. The van der Waals surface area contributed by atoms with Gasteiger partial charge >= 0.3 is 0 Å². The summed E-state index contributed by atoms with van der Waals surface area (Å²) in [7, 11) is 1.84. The van der Waals surface area contributed by atoms with Crippen LogP contribution in [0.25, 0.3) is 10.9 Å². The zero-order valence-electron chi connectivity index (χ0n) is 17.9. The number of benzene rings is 2. The SMILES string of the molecule is CN(CCCCCC1CC(c2ccc(F)cc2)NN1)C(=O)c1ccc2ccccc2n1. The Morgan fingerprint density at radius 1 is 1.03 bits per heavy atom. The Morgan fingerprint density at radius 2 is 1.84 bits per heavy atom. The van der Waals surface area contributed by atoms with Crippen molar-refractivity contribution < 1.29 is 9.18 Å². The van der Waals surface area contributed by atoms with Crippen molar-refractivity contribution >= 4 is 16.8 Å². The summed E-state index contributed by atoms with van der Waals surface area (Å²) in [4.78, 5) is 18.9. The molecule has 0 radical (unpaired) electrons. The standard InChI is InChI=1S/C25H29FN4O/c1-30(25(31)23-15-12-18-7-4-5-9-22(18)27-23)16-6-2-3-8-21-17-24(29-28-21)19-10-13-20(26)14-11-19/h4-5,7,9-15,21,24,28-29H,2-3,6,8,16-17H2,1H3. The molecule has 2 unspecified atom stereocenters. The first kappa shape index (κ1) is 21.4. The molecule has 0 spiro atoms. The van der Waals surface area contributed by atoms with Crippen molar-refractivity contribution in [1.29, 1.82) is 0 Å².